The Morgan fingerprint density at radius 3 is 2.87 bits per heavy atom. The van der Waals surface area contributed by atoms with E-state index in [0.29, 0.717) is 6.04 Å². The fourth-order valence-corrected chi connectivity index (χ4v) is 2.18. The van der Waals surface area contributed by atoms with E-state index in [-0.39, 0.29) is 0 Å². The highest BCUT2D eigenvalue weighted by Gasteiger charge is 2.33. The molecule has 15 heavy (non-hydrogen) atoms. The van der Waals surface area contributed by atoms with Crippen LogP contribution >= 0.6 is 0 Å². The fraction of sp³-hybridized carbons (Fsp3) is 0.500. The third-order valence-corrected chi connectivity index (χ3v) is 3.27. The summed E-state index contributed by atoms with van der Waals surface area (Å²) in [5.74, 6) is 1.79. The van der Waals surface area contributed by atoms with Gasteiger partial charge in [0.15, 0.2) is 0 Å². The maximum Gasteiger partial charge on any atom is 0.121 e. The number of hydrogen-bond acceptors (Lipinski definition) is 3. The van der Waals surface area contributed by atoms with Crippen molar-refractivity contribution in [3.63, 3.8) is 0 Å². The van der Waals surface area contributed by atoms with Crippen LogP contribution in [0.1, 0.15) is 12.8 Å². The minimum atomic E-state index is 0.601. The monoisotopic (exact) mass is 204 g/mol. The molecule has 1 fully saturated rings. The normalized spacial score (nSPS) is 23.7. The second kappa shape index (κ2) is 3.33. The van der Waals surface area contributed by atoms with Gasteiger partial charge in [0.25, 0.3) is 0 Å². The van der Waals surface area contributed by atoms with E-state index < -0.39 is 0 Å². The van der Waals surface area contributed by atoms with Gasteiger partial charge in [-0.05, 0) is 30.9 Å². The van der Waals surface area contributed by atoms with Crippen LogP contribution in [0.25, 0.3) is 0 Å². The number of fused-ring (bicyclic) bond motifs is 1. The summed E-state index contributed by atoms with van der Waals surface area (Å²) in [6.07, 6.45) is 2.75. The van der Waals surface area contributed by atoms with E-state index in [0.717, 1.165) is 18.2 Å². The Balaban J connectivity index is 1.85. The van der Waals surface area contributed by atoms with Gasteiger partial charge in [-0.3, -0.25) is 0 Å². The van der Waals surface area contributed by atoms with Gasteiger partial charge in [-0.2, -0.15) is 0 Å². The minimum Gasteiger partial charge on any atom is -0.497 e. The molecule has 0 aromatic heterocycles. The molecule has 2 N–H and O–H groups in total. The standard InChI is InChI=1S/C12H16N2O/c1-15-9-4-5-10-11(6-9)14-12(7-13-10)8-2-3-8/h4-6,8,12-14H,2-3,7H2,1H3. The summed E-state index contributed by atoms with van der Waals surface area (Å²) in [7, 11) is 1.70. The first-order chi connectivity index (χ1) is 7.36. The molecule has 1 saturated carbocycles. The van der Waals surface area contributed by atoms with Gasteiger partial charge in [0.2, 0.25) is 0 Å². The lowest BCUT2D eigenvalue weighted by Crippen LogP contribution is -2.34. The SMILES string of the molecule is COc1ccc2c(c1)NC(C1CC1)CN2. The Labute approximate surface area is 89.8 Å². The number of methoxy groups -OCH3 is 1. The van der Waals surface area contributed by atoms with Crippen LogP contribution in [0.5, 0.6) is 5.75 Å². The maximum atomic E-state index is 5.22. The number of benzene rings is 1. The molecule has 1 aromatic rings. The van der Waals surface area contributed by atoms with E-state index in [9.17, 15) is 0 Å². The highest BCUT2D eigenvalue weighted by Crippen LogP contribution is 2.38. The van der Waals surface area contributed by atoms with Crippen molar-refractivity contribution < 1.29 is 4.74 Å². The van der Waals surface area contributed by atoms with Gasteiger partial charge in [-0.15, -0.1) is 0 Å². The number of anilines is 2. The molecule has 0 bridgehead atoms. The van der Waals surface area contributed by atoms with Gasteiger partial charge >= 0.3 is 0 Å². The predicted molar refractivity (Wildman–Crippen MR) is 61.6 cm³/mol. The zero-order chi connectivity index (χ0) is 10.3. The molecule has 1 aromatic carbocycles. The zero-order valence-corrected chi connectivity index (χ0v) is 8.92. The van der Waals surface area contributed by atoms with Crippen molar-refractivity contribution in [3.8, 4) is 5.75 Å². The topological polar surface area (TPSA) is 33.3 Å². The summed E-state index contributed by atoms with van der Waals surface area (Å²) in [5, 5.41) is 7.06. The van der Waals surface area contributed by atoms with Crippen molar-refractivity contribution in [3.05, 3.63) is 18.2 Å². The van der Waals surface area contributed by atoms with Crippen LogP contribution in [-0.2, 0) is 0 Å². The molecule has 0 radical (unpaired) electrons. The Morgan fingerprint density at radius 1 is 1.27 bits per heavy atom. The molecule has 0 amide bonds. The molecule has 80 valence electrons. The highest BCUT2D eigenvalue weighted by molar-refractivity contribution is 5.73. The molecule has 3 heteroatoms. The first-order valence-corrected chi connectivity index (χ1v) is 5.55. The van der Waals surface area contributed by atoms with E-state index in [1.165, 1.54) is 24.2 Å². The second-order valence-electron chi connectivity index (χ2n) is 4.38. The molecule has 1 atom stereocenters. The molecule has 1 aliphatic carbocycles. The molecule has 3 rings (SSSR count). The van der Waals surface area contributed by atoms with Crippen LogP contribution in [0.2, 0.25) is 0 Å². The van der Waals surface area contributed by atoms with Crippen molar-refractivity contribution in [1.82, 2.24) is 0 Å². The highest BCUT2D eigenvalue weighted by atomic mass is 16.5. The van der Waals surface area contributed by atoms with Gasteiger partial charge in [0.05, 0.1) is 18.5 Å². The lowest BCUT2D eigenvalue weighted by Gasteiger charge is -2.28. The summed E-state index contributed by atoms with van der Waals surface area (Å²) in [6.45, 7) is 1.05. The van der Waals surface area contributed by atoms with Crippen molar-refractivity contribution in [2.24, 2.45) is 5.92 Å². The molecule has 2 aliphatic rings. The van der Waals surface area contributed by atoms with Crippen molar-refractivity contribution in [2.75, 3.05) is 24.3 Å². The van der Waals surface area contributed by atoms with Crippen LogP contribution in [0, 0.1) is 5.92 Å². The molecule has 1 heterocycles. The minimum absolute atomic E-state index is 0.601. The van der Waals surface area contributed by atoms with Gasteiger partial charge < -0.3 is 15.4 Å². The van der Waals surface area contributed by atoms with Crippen molar-refractivity contribution in [1.29, 1.82) is 0 Å². The van der Waals surface area contributed by atoms with E-state index in [4.69, 9.17) is 4.74 Å². The molecule has 3 nitrogen and oxygen atoms in total. The first-order valence-electron chi connectivity index (χ1n) is 5.55. The first kappa shape index (κ1) is 8.89. The molecule has 0 saturated heterocycles. The summed E-state index contributed by atoms with van der Waals surface area (Å²) in [4.78, 5) is 0. The van der Waals surface area contributed by atoms with Crippen molar-refractivity contribution >= 4 is 11.4 Å². The van der Waals surface area contributed by atoms with Crippen LogP contribution in [0.3, 0.4) is 0 Å². The Kier molecular flexibility index (Phi) is 1.97. The summed E-state index contributed by atoms with van der Waals surface area (Å²) in [6, 6.07) is 6.73. The fourth-order valence-electron chi connectivity index (χ4n) is 2.18. The molecule has 0 spiro atoms. The number of hydrogen-bond donors (Lipinski definition) is 2. The smallest absolute Gasteiger partial charge is 0.121 e. The lowest BCUT2D eigenvalue weighted by atomic mass is 10.1. The number of nitrogens with one attached hydrogen (secondary N) is 2. The predicted octanol–water partition coefficient (Wildman–Crippen LogP) is 2.31. The van der Waals surface area contributed by atoms with Gasteiger partial charge in [0, 0.05) is 18.7 Å². The quantitative estimate of drug-likeness (QED) is 0.775. The lowest BCUT2D eigenvalue weighted by molar-refractivity contribution is 0.415. The van der Waals surface area contributed by atoms with Gasteiger partial charge in [-0.25, -0.2) is 0 Å². The Bertz CT molecular complexity index is 374. The van der Waals surface area contributed by atoms with Crippen LogP contribution in [0.15, 0.2) is 18.2 Å². The van der Waals surface area contributed by atoms with E-state index in [1.54, 1.807) is 7.11 Å². The van der Waals surface area contributed by atoms with Crippen LogP contribution in [-0.4, -0.2) is 19.7 Å². The van der Waals surface area contributed by atoms with E-state index >= 15 is 0 Å². The second-order valence-corrected chi connectivity index (χ2v) is 4.38. The zero-order valence-electron chi connectivity index (χ0n) is 8.92. The average Bonchev–Trinajstić information content (AvgIpc) is 3.11. The van der Waals surface area contributed by atoms with E-state index in [2.05, 4.69) is 22.8 Å². The molecule has 1 unspecified atom stereocenters. The maximum absolute atomic E-state index is 5.22. The van der Waals surface area contributed by atoms with Crippen LogP contribution in [0.4, 0.5) is 11.4 Å². The number of ether oxygens (including phenoxy) is 1. The van der Waals surface area contributed by atoms with Gasteiger partial charge in [0.1, 0.15) is 5.75 Å². The summed E-state index contributed by atoms with van der Waals surface area (Å²) >= 11 is 0. The molecular formula is C12H16N2O. The summed E-state index contributed by atoms with van der Waals surface area (Å²) < 4.78 is 5.22. The molecule has 1 aliphatic heterocycles. The third kappa shape index (κ3) is 1.62. The van der Waals surface area contributed by atoms with Gasteiger partial charge in [-0.1, -0.05) is 0 Å². The summed E-state index contributed by atoms with van der Waals surface area (Å²) in [5.41, 5.74) is 2.37. The molecular weight excluding hydrogens is 188 g/mol. The largest absolute Gasteiger partial charge is 0.497 e. The number of rotatable bonds is 2. The average molecular weight is 204 g/mol. The van der Waals surface area contributed by atoms with Crippen LogP contribution < -0.4 is 15.4 Å². The van der Waals surface area contributed by atoms with Crippen molar-refractivity contribution in [2.45, 2.75) is 18.9 Å². The Morgan fingerprint density at radius 2 is 2.13 bits per heavy atom. The van der Waals surface area contributed by atoms with E-state index in [1.807, 2.05) is 6.07 Å². The Hall–Kier alpha value is -1.38. The third-order valence-electron chi connectivity index (χ3n) is 3.27.